The second kappa shape index (κ2) is 6.44. The average Bonchev–Trinajstić information content (AvgIpc) is 3.46. The molecule has 2 amide bonds. The molecule has 1 saturated carbocycles. The minimum absolute atomic E-state index is 0.0517. The molecule has 1 fully saturated rings. The number of hydrogen-bond donors (Lipinski definition) is 1. The van der Waals surface area contributed by atoms with Crippen molar-refractivity contribution >= 4 is 29.1 Å². The number of carbonyl (C=O) groups is 2. The largest absolute Gasteiger partial charge is 0.337 e. The summed E-state index contributed by atoms with van der Waals surface area (Å²) in [5.74, 6) is -0.268. The number of benzene rings is 2. The molecule has 0 unspecified atom stereocenters. The monoisotopic (exact) mass is 368 g/mol. The molecule has 1 N–H and O–H groups in total. The molecule has 0 spiro atoms. The lowest BCUT2D eigenvalue weighted by molar-refractivity contribution is -0.143. The molecular formula is C21H21ClN2O2. The number of amides is 2. The number of halogens is 1. The topological polar surface area (TPSA) is 49.4 Å². The van der Waals surface area contributed by atoms with E-state index in [1.54, 1.807) is 12.1 Å². The molecule has 1 aliphatic heterocycles. The van der Waals surface area contributed by atoms with Crippen molar-refractivity contribution in [3.8, 4) is 0 Å². The predicted octanol–water partition coefficient (Wildman–Crippen LogP) is 3.95. The summed E-state index contributed by atoms with van der Waals surface area (Å²) in [4.78, 5) is 27.8. The minimum Gasteiger partial charge on any atom is -0.337 e. The number of hydrogen-bond acceptors (Lipinski definition) is 2. The van der Waals surface area contributed by atoms with Gasteiger partial charge in [-0.15, -0.1) is 0 Å². The highest BCUT2D eigenvalue weighted by Crippen LogP contribution is 2.49. The molecule has 2 aromatic carbocycles. The zero-order chi connectivity index (χ0) is 18.3. The molecule has 2 aromatic rings. The predicted molar refractivity (Wildman–Crippen MR) is 102 cm³/mol. The van der Waals surface area contributed by atoms with E-state index in [0.29, 0.717) is 36.6 Å². The van der Waals surface area contributed by atoms with Crippen LogP contribution in [0.5, 0.6) is 0 Å². The molecule has 5 heteroatoms. The van der Waals surface area contributed by atoms with Gasteiger partial charge in [0.25, 0.3) is 0 Å². The lowest BCUT2D eigenvalue weighted by Crippen LogP contribution is -2.45. The highest BCUT2D eigenvalue weighted by Gasteiger charge is 2.58. The summed E-state index contributed by atoms with van der Waals surface area (Å²) >= 11 is 6.04. The first-order valence-electron chi connectivity index (χ1n) is 8.93. The molecule has 2 aliphatic rings. The third kappa shape index (κ3) is 2.99. The van der Waals surface area contributed by atoms with E-state index in [-0.39, 0.29) is 11.8 Å². The summed E-state index contributed by atoms with van der Waals surface area (Å²) in [6, 6.07) is 13.6. The average molecular weight is 369 g/mol. The normalized spacial score (nSPS) is 17.4. The lowest BCUT2D eigenvalue weighted by Gasteiger charge is -2.31. The Morgan fingerprint density at radius 2 is 1.85 bits per heavy atom. The maximum absolute atomic E-state index is 13.1. The van der Waals surface area contributed by atoms with Crippen molar-refractivity contribution in [2.24, 2.45) is 5.41 Å². The third-order valence-corrected chi connectivity index (χ3v) is 5.69. The fourth-order valence-corrected chi connectivity index (χ4v) is 3.78. The van der Waals surface area contributed by atoms with Gasteiger partial charge in [-0.3, -0.25) is 9.59 Å². The van der Waals surface area contributed by atoms with Gasteiger partial charge in [0.05, 0.1) is 0 Å². The summed E-state index contributed by atoms with van der Waals surface area (Å²) in [5, 5.41) is 3.49. The summed E-state index contributed by atoms with van der Waals surface area (Å²) in [5.41, 5.74) is 3.15. The van der Waals surface area contributed by atoms with Crippen LogP contribution in [0, 0.1) is 12.3 Å². The van der Waals surface area contributed by atoms with Crippen molar-refractivity contribution in [3.05, 3.63) is 64.2 Å². The molecule has 134 valence electrons. The molecule has 1 aliphatic carbocycles. The fourth-order valence-electron chi connectivity index (χ4n) is 3.61. The minimum atomic E-state index is -0.916. The second-order valence-corrected chi connectivity index (χ2v) is 7.68. The van der Waals surface area contributed by atoms with Gasteiger partial charge in [-0.2, -0.15) is 0 Å². The zero-order valence-electron chi connectivity index (χ0n) is 14.7. The van der Waals surface area contributed by atoms with Crippen LogP contribution in [0.3, 0.4) is 0 Å². The van der Waals surface area contributed by atoms with E-state index in [2.05, 4.69) is 17.4 Å². The Hall–Kier alpha value is -2.33. The van der Waals surface area contributed by atoms with Gasteiger partial charge in [-0.05, 0) is 55.0 Å². The summed E-state index contributed by atoms with van der Waals surface area (Å²) in [6.07, 6.45) is 2.05. The van der Waals surface area contributed by atoms with Crippen LogP contribution in [0.1, 0.15) is 29.5 Å². The number of fused-ring (bicyclic) bond motifs is 1. The molecular weight excluding hydrogens is 348 g/mol. The molecule has 1 heterocycles. The quantitative estimate of drug-likeness (QED) is 0.834. The molecule has 26 heavy (non-hydrogen) atoms. The number of carbonyl (C=O) groups excluding carboxylic acids is 2. The van der Waals surface area contributed by atoms with Crippen LogP contribution in [0.15, 0.2) is 42.5 Å². The maximum Gasteiger partial charge on any atom is 0.240 e. The molecule has 4 rings (SSSR count). The third-order valence-electron chi connectivity index (χ3n) is 5.46. The van der Waals surface area contributed by atoms with E-state index in [4.69, 9.17) is 11.6 Å². The van der Waals surface area contributed by atoms with E-state index in [1.165, 1.54) is 11.1 Å². The van der Waals surface area contributed by atoms with E-state index < -0.39 is 5.41 Å². The van der Waals surface area contributed by atoms with Crippen LogP contribution in [-0.2, 0) is 22.6 Å². The van der Waals surface area contributed by atoms with Gasteiger partial charge in [0, 0.05) is 23.8 Å². The number of anilines is 1. The second-order valence-electron chi connectivity index (χ2n) is 7.24. The van der Waals surface area contributed by atoms with Gasteiger partial charge >= 0.3 is 0 Å². The van der Waals surface area contributed by atoms with Crippen LogP contribution in [-0.4, -0.2) is 23.3 Å². The highest BCUT2D eigenvalue weighted by molar-refractivity contribution is 6.31. The van der Waals surface area contributed by atoms with Crippen molar-refractivity contribution < 1.29 is 9.59 Å². The molecule has 0 radical (unpaired) electrons. The zero-order valence-corrected chi connectivity index (χ0v) is 15.5. The van der Waals surface area contributed by atoms with Crippen molar-refractivity contribution in [1.82, 2.24) is 4.90 Å². The highest BCUT2D eigenvalue weighted by atomic mass is 35.5. The summed E-state index contributed by atoms with van der Waals surface area (Å²) in [7, 11) is 0. The van der Waals surface area contributed by atoms with Crippen LogP contribution in [0.2, 0.25) is 5.02 Å². The van der Waals surface area contributed by atoms with Gasteiger partial charge < -0.3 is 10.2 Å². The summed E-state index contributed by atoms with van der Waals surface area (Å²) in [6.45, 7) is 3.16. The number of aryl methyl sites for hydroxylation is 1. The molecule has 0 aromatic heterocycles. The van der Waals surface area contributed by atoms with E-state index >= 15 is 0 Å². The van der Waals surface area contributed by atoms with E-state index in [9.17, 15) is 9.59 Å². The Kier molecular flexibility index (Phi) is 4.23. The van der Waals surface area contributed by atoms with Crippen LogP contribution in [0.4, 0.5) is 5.69 Å². The number of nitrogens with zero attached hydrogens (tertiary/aromatic N) is 1. The lowest BCUT2D eigenvalue weighted by atomic mass is 9.97. The molecule has 0 saturated heterocycles. The Bertz CT molecular complexity index is 889. The standard InChI is InChI=1S/C21H21ClN2O2/c1-14-6-7-17(22)12-18(14)23-19(25)21(9-10-21)20(26)24-11-8-15-4-2-3-5-16(15)13-24/h2-7,12H,8-11,13H2,1H3,(H,23,25). The van der Waals surface area contributed by atoms with E-state index in [1.807, 2.05) is 30.0 Å². The first-order chi connectivity index (χ1) is 12.5. The first kappa shape index (κ1) is 17.1. The van der Waals surface area contributed by atoms with Crippen molar-refractivity contribution in [1.29, 1.82) is 0 Å². The Morgan fingerprint density at radius 3 is 2.58 bits per heavy atom. The van der Waals surface area contributed by atoms with Gasteiger partial charge in [-0.25, -0.2) is 0 Å². The van der Waals surface area contributed by atoms with Crippen LogP contribution < -0.4 is 5.32 Å². The fraction of sp³-hybridized carbons (Fsp3) is 0.333. The van der Waals surface area contributed by atoms with Crippen molar-refractivity contribution in [2.75, 3.05) is 11.9 Å². The number of rotatable bonds is 3. The molecule has 4 nitrogen and oxygen atoms in total. The smallest absolute Gasteiger partial charge is 0.240 e. The number of nitrogens with one attached hydrogen (secondary N) is 1. The van der Waals surface area contributed by atoms with Gasteiger partial charge in [0.2, 0.25) is 11.8 Å². The Balaban J connectivity index is 1.51. The van der Waals surface area contributed by atoms with Crippen LogP contribution in [0.25, 0.3) is 0 Å². The van der Waals surface area contributed by atoms with Crippen LogP contribution >= 0.6 is 11.6 Å². The van der Waals surface area contributed by atoms with Crippen molar-refractivity contribution in [3.63, 3.8) is 0 Å². The van der Waals surface area contributed by atoms with E-state index in [0.717, 1.165) is 12.0 Å². The Labute approximate surface area is 158 Å². The maximum atomic E-state index is 13.1. The first-order valence-corrected chi connectivity index (χ1v) is 9.31. The van der Waals surface area contributed by atoms with Gasteiger partial charge in [0.15, 0.2) is 0 Å². The molecule has 0 bridgehead atoms. The SMILES string of the molecule is Cc1ccc(Cl)cc1NC(=O)C1(C(=O)N2CCc3ccccc3C2)CC1. The van der Waals surface area contributed by atoms with Gasteiger partial charge in [0.1, 0.15) is 5.41 Å². The van der Waals surface area contributed by atoms with Gasteiger partial charge in [-0.1, -0.05) is 41.9 Å². The molecule has 0 atom stereocenters. The Morgan fingerprint density at radius 1 is 1.12 bits per heavy atom. The summed E-state index contributed by atoms with van der Waals surface area (Å²) < 4.78 is 0. The van der Waals surface area contributed by atoms with Crippen molar-refractivity contribution in [2.45, 2.75) is 32.7 Å².